The van der Waals surface area contributed by atoms with Crippen LogP contribution in [0.4, 0.5) is 4.79 Å². The smallest absolute Gasteiger partial charge is 0.429 e. The summed E-state index contributed by atoms with van der Waals surface area (Å²) in [6.45, 7) is 4.56. The summed E-state index contributed by atoms with van der Waals surface area (Å²) in [6, 6.07) is 0. The fourth-order valence-electron chi connectivity index (χ4n) is 6.99. The molecule has 0 aromatic rings. The Bertz CT molecular complexity index is 704. The average molecular weight is 678 g/mol. The molecule has 2 amide bonds. The molecule has 0 unspecified atom stereocenters. The lowest BCUT2D eigenvalue weighted by molar-refractivity contribution is -0.178. The van der Waals surface area contributed by atoms with Gasteiger partial charge >= 0.3 is 6.16 Å². The zero-order valence-electron chi connectivity index (χ0n) is 32.0. The first-order valence-corrected chi connectivity index (χ1v) is 21.3. The summed E-state index contributed by atoms with van der Waals surface area (Å²) < 4.78 is 5.65. The van der Waals surface area contributed by atoms with Crippen LogP contribution in [0.2, 0.25) is 0 Å². The first-order chi connectivity index (χ1) is 23.6. The molecule has 0 radical (unpaired) electrons. The van der Waals surface area contributed by atoms with E-state index in [0.717, 1.165) is 38.5 Å². The maximum atomic E-state index is 12.5. The molecule has 0 saturated carbocycles. The van der Waals surface area contributed by atoms with E-state index >= 15 is 0 Å². The van der Waals surface area contributed by atoms with E-state index in [4.69, 9.17) is 9.57 Å². The van der Waals surface area contributed by atoms with Crippen LogP contribution in [0.25, 0.3) is 0 Å². The molecule has 0 spiro atoms. The van der Waals surface area contributed by atoms with Crippen LogP contribution < -0.4 is 0 Å². The summed E-state index contributed by atoms with van der Waals surface area (Å²) in [5.41, 5.74) is 0. The third kappa shape index (κ3) is 27.3. The number of unbranched alkanes of at least 4 members (excludes halogenated alkanes) is 30. The molecular formula is C42H79NO5. The number of hydrogen-bond acceptors (Lipinski definition) is 5. The number of imide groups is 1. The molecule has 48 heavy (non-hydrogen) atoms. The van der Waals surface area contributed by atoms with Gasteiger partial charge in [0.1, 0.15) is 6.10 Å². The van der Waals surface area contributed by atoms with Crippen molar-refractivity contribution in [2.45, 2.75) is 251 Å². The van der Waals surface area contributed by atoms with Gasteiger partial charge in [0.2, 0.25) is 0 Å². The minimum absolute atomic E-state index is 0.0912. The van der Waals surface area contributed by atoms with Crippen LogP contribution in [0, 0.1) is 0 Å². The fraction of sp³-hybridized carbons (Fsp3) is 0.929. The van der Waals surface area contributed by atoms with Gasteiger partial charge in [0, 0.05) is 12.8 Å². The first kappa shape index (κ1) is 44.4. The average Bonchev–Trinajstić information content (AvgIpc) is 3.39. The third-order valence-electron chi connectivity index (χ3n) is 10.2. The van der Waals surface area contributed by atoms with Gasteiger partial charge in [-0.3, -0.25) is 14.4 Å². The van der Waals surface area contributed by atoms with Gasteiger partial charge in [0.25, 0.3) is 11.8 Å². The van der Waals surface area contributed by atoms with E-state index < -0.39 is 18.0 Å². The Kier molecular flexibility index (Phi) is 31.4. The van der Waals surface area contributed by atoms with Crippen LogP contribution in [-0.4, -0.2) is 29.1 Å². The van der Waals surface area contributed by atoms with Crippen molar-refractivity contribution in [1.29, 1.82) is 0 Å². The monoisotopic (exact) mass is 678 g/mol. The van der Waals surface area contributed by atoms with Gasteiger partial charge in [0.15, 0.2) is 0 Å². The summed E-state index contributed by atoms with van der Waals surface area (Å²) in [6.07, 6.45) is 43.3. The van der Waals surface area contributed by atoms with E-state index in [0.29, 0.717) is 5.06 Å². The number of hydroxylamine groups is 2. The molecule has 1 rings (SSSR count). The second-order valence-corrected chi connectivity index (χ2v) is 14.8. The third-order valence-corrected chi connectivity index (χ3v) is 10.2. The SMILES string of the molecule is CCCCCCCCCCCCCCCCCCC(CCCCCCCCCCCCCCCCCC)OC(=O)ON1C(=O)CCC1=O. The topological polar surface area (TPSA) is 72.9 Å². The van der Waals surface area contributed by atoms with Crippen LogP contribution in [0.3, 0.4) is 0 Å². The molecule has 1 aliphatic rings. The van der Waals surface area contributed by atoms with Gasteiger partial charge in [0.05, 0.1) is 0 Å². The van der Waals surface area contributed by atoms with E-state index in [-0.39, 0.29) is 18.9 Å². The van der Waals surface area contributed by atoms with Crippen molar-refractivity contribution in [1.82, 2.24) is 5.06 Å². The largest absolute Gasteiger partial charge is 0.534 e. The van der Waals surface area contributed by atoms with E-state index in [9.17, 15) is 14.4 Å². The number of hydrogen-bond donors (Lipinski definition) is 0. The van der Waals surface area contributed by atoms with Gasteiger partial charge in [-0.1, -0.05) is 212 Å². The number of amides is 2. The Morgan fingerprint density at radius 1 is 0.458 bits per heavy atom. The zero-order valence-corrected chi connectivity index (χ0v) is 32.0. The number of carbonyl (C=O) groups excluding carboxylic acids is 3. The first-order valence-electron chi connectivity index (χ1n) is 21.3. The van der Waals surface area contributed by atoms with E-state index in [1.807, 2.05) is 0 Å². The predicted octanol–water partition coefficient (Wildman–Crippen LogP) is 13.9. The van der Waals surface area contributed by atoms with Crippen molar-refractivity contribution in [3.05, 3.63) is 0 Å². The highest BCUT2D eigenvalue weighted by Crippen LogP contribution is 2.20. The van der Waals surface area contributed by atoms with Crippen molar-refractivity contribution < 1.29 is 24.0 Å². The van der Waals surface area contributed by atoms with Crippen molar-refractivity contribution in [3.63, 3.8) is 0 Å². The Morgan fingerprint density at radius 3 is 0.979 bits per heavy atom. The molecule has 6 heteroatoms. The van der Waals surface area contributed by atoms with Gasteiger partial charge in [-0.15, -0.1) is 0 Å². The Balaban J connectivity index is 2.12. The lowest BCUT2D eigenvalue weighted by Crippen LogP contribution is -2.33. The zero-order chi connectivity index (χ0) is 34.8. The second-order valence-electron chi connectivity index (χ2n) is 14.8. The maximum absolute atomic E-state index is 12.5. The van der Waals surface area contributed by atoms with Gasteiger partial charge in [-0.05, 0) is 25.7 Å². The predicted molar refractivity (Wildman–Crippen MR) is 201 cm³/mol. The van der Waals surface area contributed by atoms with Gasteiger partial charge < -0.3 is 4.74 Å². The summed E-state index contributed by atoms with van der Waals surface area (Å²) in [5, 5.41) is 0.586. The standard InChI is InChI=1S/C42H79NO5/c1-3-5-7-9-11-13-15-17-19-21-23-25-27-29-31-33-35-39(47-42(46)48-43-40(44)37-38-41(43)45)36-34-32-30-28-26-24-22-20-18-16-14-12-10-8-6-4-2/h39H,3-38H2,1-2H3. The molecule has 0 aromatic carbocycles. The molecule has 0 atom stereocenters. The summed E-state index contributed by atoms with van der Waals surface area (Å²) in [4.78, 5) is 41.2. The Morgan fingerprint density at radius 2 is 0.708 bits per heavy atom. The van der Waals surface area contributed by atoms with Gasteiger partial charge in [-0.2, -0.15) is 0 Å². The Hall–Kier alpha value is -1.59. The normalized spacial score (nSPS) is 13.3. The van der Waals surface area contributed by atoms with Crippen LogP contribution in [0.1, 0.15) is 245 Å². The van der Waals surface area contributed by atoms with Crippen LogP contribution in [-0.2, 0) is 19.2 Å². The lowest BCUT2D eigenvalue weighted by atomic mass is 10.0. The molecule has 6 nitrogen and oxygen atoms in total. The molecule has 0 aliphatic carbocycles. The molecule has 1 heterocycles. The highest BCUT2D eigenvalue weighted by Gasteiger charge is 2.34. The maximum Gasteiger partial charge on any atom is 0.534 e. The number of carbonyl (C=O) groups is 3. The summed E-state index contributed by atoms with van der Waals surface area (Å²) in [7, 11) is 0. The highest BCUT2D eigenvalue weighted by molar-refractivity contribution is 6.01. The minimum atomic E-state index is -0.920. The van der Waals surface area contributed by atoms with Crippen LogP contribution >= 0.6 is 0 Å². The van der Waals surface area contributed by atoms with Crippen molar-refractivity contribution in [2.75, 3.05) is 0 Å². The number of rotatable bonds is 36. The van der Waals surface area contributed by atoms with Crippen LogP contribution in [0.15, 0.2) is 0 Å². The van der Waals surface area contributed by atoms with Crippen molar-refractivity contribution in [2.24, 2.45) is 0 Å². The van der Waals surface area contributed by atoms with Crippen LogP contribution in [0.5, 0.6) is 0 Å². The van der Waals surface area contributed by atoms with Crippen molar-refractivity contribution >= 4 is 18.0 Å². The summed E-state index contributed by atoms with van der Waals surface area (Å²) in [5.74, 6) is -0.937. The second kappa shape index (κ2) is 33.9. The van der Waals surface area contributed by atoms with Crippen molar-refractivity contribution in [3.8, 4) is 0 Å². The molecule has 0 bridgehead atoms. The molecule has 1 fully saturated rings. The molecule has 282 valence electrons. The quantitative estimate of drug-likeness (QED) is 0.0375. The summed E-state index contributed by atoms with van der Waals surface area (Å²) >= 11 is 0. The van der Waals surface area contributed by atoms with E-state index in [2.05, 4.69) is 13.8 Å². The molecule has 0 N–H and O–H groups in total. The van der Waals surface area contributed by atoms with E-state index in [1.54, 1.807) is 0 Å². The molecule has 1 aliphatic heterocycles. The molecule has 1 saturated heterocycles. The van der Waals surface area contributed by atoms with E-state index in [1.165, 1.54) is 180 Å². The Labute approximate surface area is 297 Å². The number of nitrogens with zero attached hydrogens (tertiary/aromatic N) is 1. The molecular weight excluding hydrogens is 598 g/mol. The highest BCUT2D eigenvalue weighted by atomic mass is 16.8. The molecule has 0 aromatic heterocycles. The fourth-order valence-corrected chi connectivity index (χ4v) is 6.99. The lowest BCUT2D eigenvalue weighted by Gasteiger charge is -2.19. The number of ether oxygens (including phenoxy) is 1. The van der Waals surface area contributed by atoms with Gasteiger partial charge in [-0.25, -0.2) is 4.79 Å². The minimum Gasteiger partial charge on any atom is -0.429 e.